The van der Waals surface area contributed by atoms with Gasteiger partial charge in [-0.1, -0.05) is 35.9 Å². The second kappa shape index (κ2) is 9.43. The number of aryl methyl sites for hydroxylation is 3. The van der Waals surface area contributed by atoms with Crippen LogP contribution in [-0.2, 0) is 9.59 Å². The number of methoxy groups -OCH3 is 1. The highest BCUT2D eigenvalue weighted by Gasteiger charge is 2.41. The van der Waals surface area contributed by atoms with Crippen LogP contribution in [0.4, 0.5) is 11.4 Å². The Balaban J connectivity index is 1.85. The maximum absolute atomic E-state index is 13.7. The summed E-state index contributed by atoms with van der Waals surface area (Å²) in [5.74, 6) is 0.485. The Hall–Kier alpha value is -4.06. The molecule has 3 aromatic carbocycles. The van der Waals surface area contributed by atoms with Gasteiger partial charge < -0.3 is 14.8 Å². The zero-order chi connectivity index (χ0) is 24.4. The molecule has 3 aromatic rings. The van der Waals surface area contributed by atoms with Crippen LogP contribution >= 0.6 is 0 Å². The Morgan fingerprint density at radius 1 is 0.853 bits per heavy atom. The van der Waals surface area contributed by atoms with Gasteiger partial charge in [0.25, 0.3) is 11.8 Å². The fourth-order valence-corrected chi connectivity index (χ4v) is 4.13. The zero-order valence-corrected chi connectivity index (χ0v) is 20.1. The highest BCUT2D eigenvalue weighted by Crippen LogP contribution is 2.37. The number of nitrogens with one attached hydrogen (secondary N) is 1. The van der Waals surface area contributed by atoms with Gasteiger partial charge in [-0.05, 0) is 74.7 Å². The molecule has 0 saturated heterocycles. The fourth-order valence-electron chi connectivity index (χ4n) is 4.13. The summed E-state index contributed by atoms with van der Waals surface area (Å²) in [5, 5.41) is 3.21. The topological polar surface area (TPSA) is 67.9 Å². The van der Waals surface area contributed by atoms with Gasteiger partial charge in [-0.15, -0.1) is 0 Å². The van der Waals surface area contributed by atoms with E-state index < -0.39 is 5.91 Å². The van der Waals surface area contributed by atoms with Crippen molar-refractivity contribution in [2.45, 2.75) is 27.7 Å². The zero-order valence-electron chi connectivity index (χ0n) is 20.1. The molecule has 6 nitrogen and oxygen atoms in total. The van der Waals surface area contributed by atoms with Crippen molar-refractivity contribution in [3.8, 4) is 11.5 Å². The monoisotopic (exact) mass is 456 g/mol. The van der Waals surface area contributed by atoms with Crippen LogP contribution in [0.25, 0.3) is 5.57 Å². The van der Waals surface area contributed by atoms with Crippen LogP contribution in [0.5, 0.6) is 11.5 Å². The number of amides is 2. The molecule has 1 aliphatic rings. The number of hydrogen-bond donors (Lipinski definition) is 1. The van der Waals surface area contributed by atoms with Crippen molar-refractivity contribution in [1.82, 2.24) is 0 Å². The molecule has 1 aliphatic heterocycles. The average molecular weight is 457 g/mol. The van der Waals surface area contributed by atoms with Crippen molar-refractivity contribution in [2.24, 2.45) is 0 Å². The lowest BCUT2D eigenvalue weighted by atomic mass is 10.0. The Morgan fingerprint density at radius 3 is 2.18 bits per heavy atom. The summed E-state index contributed by atoms with van der Waals surface area (Å²) in [5.41, 5.74) is 5.22. The number of anilines is 2. The molecule has 2 amide bonds. The lowest BCUT2D eigenvalue weighted by Gasteiger charge is -2.18. The van der Waals surface area contributed by atoms with Crippen molar-refractivity contribution in [3.63, 3.8) is 0 Å². The van der Waals surface area contributed by atoms with Crippen LogP contribution in [0.2, 0.25) is 0 Å². The van der Waals surface area contributed by atoms with Gasteiger partial charge in [0, 0.05) is 0 Å². The van der Waals surface area contributed by atoms with Gasteiger partial charge in [0.15, 0.2) is 0 Å². The first kappa shape index (κ1) is 23.1. The largest absolute Gasteiger partial charge is 0.495 e. The number of imide groups is 1. The second-order valence-electron chi connectivity index (χ2n) is 8.27. The molecule has 1 heterocycles. The minimum absolute atomic E-state index is 0.207. The molecule has 0 fully saturated rings. The van der Waals surface area contributed by atoms with Gasteiger partial charge in [-0.2, -0.15) is 0 Å². The maximum atomic E-state index is 13.7. The van der Waals surface area contributed by atoms with Crippen molar-refractivity contribution in [2.75, 3.05) is 23.9 Å². The first-order valence-electron chi connectivity index (χ1n) is 11.2. The number of ether oxygens (including phenoxy) is 2. The van der Waals surface area contributed by atoms with E-state index in [0.29, 0.717) is 40.6 Å². The lowest BCUT2D eigenvalue weighted by Crippen LogP contribution is -2.33. The van der Waals surface area contributed by atoms with Gasteiger partial charge in [0.05, 0.1) is 30.7 Å². The minimum atomic E-state index is -0.413. The van der Waals surface area contributed by atoms with Crippen LogP contribution in [0.3, 0.4) is 0 Å². The van der Waals surface area contributed by atoms with Gasteiger partial charge in [0.2, 0.25) is 0 Å². The highest BCUT2D eigenvalue weighted by atomic mass is 16.5. The lowest BCUT2D eigenvalue weighted by molar-refractivity contribution is -0.120. The molecule has 0 spiro atoms. The summed E-state index contributed by atoms with van der Waals surface area (Å²) >= 11 is 0. The van der Waals surface area contributed by atoms with Gasteiger partial charge >= 0.3 is 0 Å². The third-order valence-electron chi connectivity index (χ3n) is 5.75. The number of hydrogen-bond acceptors (Lipinski definition) is 5. The van der Waals surface area contributed by atoms with E-state index in [1.54, 1.807) is 31.4 Å². The van der Waals surface area contributed by atoms with E-state index in [9.17, 15) is 9.59 Å². The standard InChI is InChI=1S/C28H28N2O4/c1-6-34-21-11-9-20(10-12-21)25-26(29-22-16-18(3)8-14-24(22)33-5)28(32)30(27(25)31)23-13-7-17(2)15-19(23)4/h7-16,29H,6H2,1-5H3. The molecule has 0 aromatic heterocycles. The minimum Gasteiger partial charge on any atom is -0.495 e. The average Bonchev–Trinajstić information content (AvgIpc) is 3.04. The molecule has 0 atom stereocenters. The molecular formula is C28H28N2O4. The molecule has 0 unspecified atom stereocenters. The summed E-state index contributed by atoms with van der Waals surface area (Å²) in [6.07, 6.45) is 0. The van der Waals surface area contributed by atoms with Crippen LogP contribution in [0, 0.1) is 20.8 Å². The molecule has 4 rings (SSSR count). The van der Waals surface area contributed by atoms with E-state index in [1.165, 1.54) is 4.90 Å². The smallest absolute Gasteiger partial charge is 0.282 e. The van der Waals surface area contributed by atoms with Gasteiger partial charge in [0.1, 0.15) is 17.2 Å². The molecule has 34 heavy (non-hydrogen) atoms. The van der Waals surface area contributed by atoms with Crippen molar-refractivity contribution < 1.29 is 19.1 Å². The SMILES string of the molecule is CCOc1ccc(C2=C(Nc3cc(C)ccc3OC)C(=O)N(c3ccc(C)cc3C)C2=O)cc1. The van der Waals surface area contributed by atoms with Crippen LogP contribution < -0.4 is 19.7 Å². The van der Waals surface area contributed by atoms with E-state index in [2.05, 4.69) is 5.32 Å². The molecular weight excluding hydrogens is 428 g/mol. The Bertz CT molecular complexity index is 1290. The number of carbonyl (C=O) groups is 2. The van der Waals surface area contributed by atoms with Crippen LogP contribution in [0.1, 0.15) is 29.2 Å². The van der Waals surface area contributed by atoms with E-state index in [1.807, 2.05) is 64.1 Å². The van der Waals surface area contributed by atoms with Gasteiger partial charge in [-0.3, -0.25) is 9.59 Å². The second-order valence-corrected chi connectivity index (χ2v) is 8.27. The molecule has 6 heteroatoms. The Labute approximate surface area is 199 Å². The molecule has 0 radical (unpaired) electrons. The number of carbonyl (C=O) groups excluding carboxylic acids is 2. The number of rotatable bonds is 7. The third kappa shape index (κ3) is 4.27. The summed E-state index contributed by atoms with van der Waals surface area (Å²) < 4.78 is 11.0. The maximum Gasteiger partial charge on any atom is 0.282 e. The van der Waals surface area contributed by atoms with Crippen LogP contribution in [-0.4, -0.2) is 25.5 Å². The molecule has 174 valence electrons. The predicted octanol–water partition coefficient (Wildman–Crippen LogP) is 5.42. The van der Waals surface area contributed by atoms with Gasteiger partial charge in [-0.25, -0.2) is 4.90 Å². The molecule has 0 bridgehead atoms. The molecule has 1 N–H and O–H groups in total. The number of benzene rings is 3. The summed E-state index contributed by atoms with van der Waals surface area (Å²) in [6.45, 7) is 8.28. The van der Waals surface area contributed by atoms with E-state index in [-0.39, 0.29) is 11.6 Å². The quantitative estimate of drug-likeness (QED) is 0.481. The summed E-state index contributed by atoms with van der Waals surface area (Å²) in [7, 11) is 1.57. The Kier molecular flexibility index (Phi) is 6.41. The summed E-state index contributed by atoms with van der Waals surface area (Å²) in [6, 6.07) is 18.5. The molecule has 0 saturated carbocycles. The van der Waals surface area contributed by atoms with Crippen molar-refractivity contribution in [3.05, 3.63) is 88.6 Å². The van der Waals surface area contributed by atoms with E-state index in [4.69, 9.17) is 9.47 Å². The number of nitrogens with zero attached hydrogens (tertiary/aromatic N) is 1. The Morgan fingerprint density at radius 2 is 1.53 bits per heavy atom. The first-order chi connectivity index (χ1) is 16.3. The summed E-state index contributed by atoms with van der Waals surface area (Å²) in [4.78, 5) is 28.7. The molecule has 0 aliphatic carbocycles. The highest BCUT2D eigenvalue weighted by molar-refractivity contribution is 6.46. The normalized spacial score (nSPS) is 13.5. The van der Waals surface area contributed by atoms with E-state index in [0.717, 1.165) is 16.7 Å². The van der Waals surface area contributed by atoms with Crippen molar-refractivity contribution in [1.29, 1.82) is 0 Å². The predicted molar refractivity (Wildman–Crippen MR) is 134 cm³/mol. The third-order valence-corrected chi connectivity index (χ3v) is 5.75. The fraction of sp³-hybridized carbons (Fsp3) is 0.214. The van der Waals surface area contributed by atoms with Crippen molar-refractivity contribution >= 4 is 28.8 Å². The first-order valence-corrected chi connectivity index (χ1v) is 11.2. The van der Waals surface area contributed by atoms with E-state index >= 15 is 0 Å². The van der Waals surface area contributed by atoms with Crippen LogP contribution in [0.15, 0.2) is 66.4 Å².